The zero-order valence-corrected chi connectivity index (χ0v) is 16.7. The number of benzene rings is 1. The molecule has 0 unspecified atom stereocenters. The zero-order valence-electron chi connectivity index (χ0n) is 14.3. The average molecular weight is 390 g/mol. The van der Waals surface area contributed by atoms with Crippen LogP contribution in [0.25, 0.3) is 0 Å². The van der Waals surface area contributed by atoms with Gasteiger partial charge in [-0.3, -0.25) is 4.68 Å². The monoisotopic (exact) mass is 389 g/mol. The number of hydrogen-bond acceptors (Lipinski definition) is 3. The van der Waals surface area contributed by atoms with Gasteiger partial charge < -0.3 is 0 Å². The molecule has 0 N–H and O–H groups in total. The molecule has 5 nitrogen and oxygen atoms in total. The highest BCUT2D eigenvalue weighted by Crippen LogP contribution is 2.29. The molecule has 1 heterocycles. The highest BCUT2D eigenvalue weighted by atomic mass is 35.5. The van der Waals surface area contributed by atoms with Crippen molar-refractivity contribution in [3.63, 3.8) is 0 Å². The van der Waals surface area contributed by atoms with Crippen LogP contribution in [0, 0.1) is 6.92 Å². The van der Waals surface area contributed by atoms with E-state index in [1.54, 1.807) is 6.07 Å². The Morgan fingerprint density at radius 1 is 1.29 bits per heavy atom. The summed E-state index contributed by atoms with van der Waals surface area (Å²) in [5.41, 5.74) is 2.75. The first kappa shape index (κ1) is 19.2. The molecule has 2 rings (SSSR count). The van der Waals surface area contributed by atoms with Gasteiger partial charge in [0.2, 0.25) is 10.0 Å². The van der Waals surface area contributed by atoms with Crippen LogP contribution in [-0.2, 0) is 23.6 Å². The molecular formula is C16H21Cl2N3O2S. The summed E-state index contributed by atoms with van der Waals surface area (Å²) in [5, 5.41) is 4.90. The van der Waals surface area contributed by atoms with Gasteiger partial charge in [0.05, 0.1) is 10.7 Å². The van der Waals surface area contributed by atoms with E-state index in [0.29, 0.717) is 5.02 Å². The first-order valence-electron chi connectivity index (χ1n) is 7.49. The summed E-state index contributed by atoms with van der Waals surface area (Å²) in [4.78, 5) is 0.00630. The second-order valence-electron chi connectivity index (χ2n) is 6.06. The maximum atomic E-state index is 12.9. The lowest BCUT2D eigenvalue weighted by molar-refractivity contribution is 0.463. The van der Waals surface area contributed by atoms with E-state index in [2.05, 4.69) is 18.9 Å². The summed E-state index contributed by atoms with van der Waals surface area (Å²) in [6.45, 7) is 6.22. The van der Waals surface area contributed by atoms with Gasteiger partial charge in [-0.25, -0.2) is 8.42 Å². The van der Waals surface area contributed by atoms with Crippen molar-refractivity contribution < 1.29 is 8.42 Å². The minimum atomic E-state index is -3.76. The average Bonchev–Trinajstić information content (AvgIpc) is 2.75. The SMILES string of the molecule is Cc1nn(C)c(C(C)C)c1CN(C)S(=O)(=O)c1cc(Cl)ccc1Cl. The number of nitrogens with zero attached hydrogens (tertiary/aromatic N) is 3. The molecule has 1 aromatic heterocycles. The quantitative estimate of drug-likeness (QED) is 0.776. The molecule has 0 bridgehead atoms. The fourth-order valence-electron chi connectivity index (χ4n) is 2.79. The van der Waals surface area contributed by atoms with Crippen molar-refractivity contribution in [3.8, 4) is 0 Å². The molecule has 132 valence electrons. The molecule has 0 atom stereocenters. The number of aromatic nitrogens is 2. The highest BCUT2D eigenvalue weighted by Gasteiger charge is 2.27. The van der Waals surface area contributed by atoms with Crippen LogP contribution in [-0.4, -0.2) is 29.6 Å². The summed E-state index contributed by atoms with van der Waals surface area (Å²) in [6, 6.07) is 4.42. The summed E-state index contributed by atoms with van der Waals surface area (Å²) in [7, 11) is -0.360. The van der Waals surface area contributed by atoms with Crippen LogP contribution in [0.15, 0.2) is 23.1 Å². The second kappa shape index (κ2) is 7.04. The van der Waals surface area contributed by atoms with Crippen molar-refractivity contribution in [1.82, 2.24) is 14.1 Å². The Morgan fingerprint density at radius 2 is 1.92 bits per heavy atom. The summed E-state index contributed by atoms with van der Waals surface area (Å²) in [6.07, 6.45) is 0. The normalized spacial score (nSPS) is 12.4. The van der Waals surface area contributed by atoms with Crippen molar-refractivity contribution in [1.29, 1.82) is 0 Å². The molecule has 2 aromatic rings. The van der Waals surface area contributed by atoms with E-state index in [1.807, 2.05) is 18.7 Å². The molecule has 0 fully saturated rings. The van der Waals surface area contributed by atoms with E-state index in [4.69, 9.17) is 23.2 Å². The molecule has 0 aliphatic rings. The lowest BCUT2D eigenvalue weighted by atomic mass is 10.0. The standard InChI is InChI=1S/C16H21Cl2N3O2S/c1-10(2)16-13(11(3)19-21(16)5)9-20(4)24(22,23)15-8-12(17)6-7-14(15)18/h6-8,10H,9H2,1-5H3. The number of rotatable bonds is 5. The lowest BCUT2D eigenvalue weighted by Crippen LogP contribution is -2.27. The Bertz CT molecular complexity index is 860. The van der Waals surface area contributed by atoms with Crippen LogP contribution >= 0.6 is 23.2 Å². The third-order valence-corrected chi connectivity index (χ3v) is 6.42. The Balaban J connectivity index is 2.43. The Morgan fingerprint density at radius 3 is 2.50 bits per heavy atom. The van der Waals surface area contributed by atoms with Crippen molar-refractivity contribution >= 4 is 33.2 Å². The molecule has 24 heavy (non-hydrogen) atoms. The van der Waals surface area contributed by atoms with E-state index < -0.39 is 10.0 Å². The number of halogens is 2. The minimum absolute atomic E-state index is 0.00630. The van der Waals surface area contributed by atoms with Crippen molar-refractivity contribution in [3.05, 3.63) is 45.2 Å². The topological polar surface area (TPSA) is 55.2 Å². The first-order valence-corrected chi connectivity index (χ1v) is 9.69. The van der Waals surface area contributed by atoms with Gasteiger partial charge in [-0.1, -0.05) is 37.0 Å². The van der Waals surface area contributed by atoms with Crippen molar-refractivity contribution in [2.24, 2.45) is 7.05 Å². The van der Waals surface area contributed by atoms with Crippen LogP contribution in [0.1, 0.15) is 36.7 Å². The fraction of sp³-hybridized carbons (Fsp3) is 0.438. The first-order chi connectivity index (χ1) is 11.1. The molecule has 0 aliphatic heterocycles. The van der Waals surface area contributed by atoms with Crippen LogP contribution < -0.4 is 0 Å². The van der Waals surface area contributed by atoms with Crippen molar-refractivity contribution in [2.45, 2.75) is 38.1 Å². The lowest BCUT2D eigenvalue weighted by Gasteiger charge is -2.20. The van der Waals surface area contributed by atoms with E-state index in [1.165, 1.54) is 23.5 Å². The second-order valence-corrected chi connectivity index (χ2v) is 8.92. The van der Waals surface area contributed by atoms with Crippen molar-refractivity contribution in [2.75, 3.05) is 7.05 Å². The molecular weight excluding hydrogens is 369 g/mol. The largest absolute Gasteiger partial charge is 0.272 e. The van der Waals surface area contributed by atoms with Crippen LogP contribution in [0.5, 0.6) is 0 Å². The summed E-state index contributed by atoms with van der Waals surface area (Å²) in [5.74, 6) is 0.233. The van der Waals surface area contributed by atoms with Gasteiger partial charge in [-0.15, -0.1) is 0 Å². The summed E-state index contributed by atoms with van der Waals surface area (Å²) < 4.78 is 28.8. The van der Waals surface area contributed by atoms with Crippen LogP contribution in [0.4, 0.5) is 0 Å². The van der Waals surface area contributed by atoms with E-state index in [9.17, 15) is 8.42 Å². The smallest absolute Gasteiger partial charge is 0.244 e. The molecule has 0 saturated heterocycles. The third kappa shape index (κ3) is 3.61. The highest BCUT2D eigenvalue weighted by molar-refractivity contribution is 7.89. The van der Waals surface area contributed by atoms with Crippen LogP contribution in [0.2, 0.25) is 10.0 Å². The molecule has 0 spiro atoms. The molecule has 1 aromatic carbocycles. The van der Waals surface area contributed by atoms with Gasteiger partial charge in [-0.05, 0) is 31.0 Å². The molecule has 0 radical (unpaired) electrons. The maximum absolute atomic E-state index is 12.9. The van der Waals surface area contributed by atoms with Gasteiger partial charge >= 0.3 is 0 Å². The zero-order chi connectivity index (χ0) is 18.2. The molecule has 0 amide bonds. The Kier molecular flexibility index (Phi) is 5.64. The number of hydrogen-bond donors (Lipinski definition) is 0. The van der Waals surface area contributed by atoms with Crippen LogP contribution in [0.3, 0.4) is 0 Å². The van der Waals surface area contributed by atoms with E-state index >= 15 is 0 Å². The van der Waals surface area contributed by atoms with Gasteiger partial charge in [-0.2, -0.15) is 9.40 Å². The molecule has 0 saturated carbocycles. The molecule has 0 aliphatic carbocycles. The van der Waals surface area contributed by atoms with Gasteiger partial charge in [0.15, 0.2) is 0 Å². The maximum Gasteiger partial charge on any atom is 0.244 e. The predicted molar refractivity (Wildman–Crippen MR) is 97.1 cm³/mol. The predicted octanol–water partition coefficient (Wildman–Crippen LogP) is 3.98. The Labute approximate surface area is 153 Å². The number of sulfonamides is 1. The molecule has 8 heteroatoms. The summed E-state index contributed by atoms with van der Waals surface area (Å²) >= 11 is 12.0. The van der Waals surface area contributed by atoms with Gasteiger partial charge in [0.25, 0.3) is 0 Å². The Hall–Kier alpha value is -1.08. The van der Waals surface area contributed by atoms with E-state index in [0.717, 1.165) is 17.0 Å². The number of aryl methyl sites for hydroxylation is 2. The van der Waals surface area contributed by atoms with E-state index in [-0.39, 0.29) is 22.4 Å². The fourth-order valence-corrected chi connectivity index (χ4v) is 4.66. The third-order valence-electron chi connectivity index (χ3n) is 3.90. The minimum Gasteiger partial charge on any atom is -0.272 e. The van der Waals surface area contributed by atoms with Gasteiger partial charge in [0, 0.05) is 36.9 Å². The van der Waals surface area contributed by atoms with Gasteiger partial charge in [0.1, 0.15) is 4.90 Å².